The van der Waals surface area contributed by atoms with E-state index in [0.717, 1.165) is 13.0 Å². The molecule has 4 rings (SSSR count). The number of allylic oxidation sites excluding steroid dienone is 2. The predicted octanol–water partition coefficient (Wildman–Crippen LogP) is 1.76. The van der Waals surface area contributed by atoms with Gasteiger partial charge in [-0.3, -0.25) is 14.5 Å². The van der Waals surface area contributed by atoms with Crippen molar-refractivity contribution in [2.24, 2.45) is 9.98 Å². The Balaban J connectivity index is 1.82. The average molecular weight is 343 g/mol. The summed E-state index contributed by atoms with van der Waals surface area (Å²) in [5.41, 5.74) is 1.09. The van der Waals surface area contributed by atoms with Crippen molar-refractivity contribution in [1.82, 2.24) is 9.36 Å². The fraction of sp³-hybridized carbons (Fsp3) is 0.471. The Morgan fingerprint density at radius 1 is 1.32 bits per heavy atom. The molecule has 0 aromatic carbocycles. The van der Waals surface area contributed by atoms with Gasteiger partial charge in [0.1, 0.15) is 29.5 Å². The van der Waals surface area contributed by atoms with Crippen LogP contribution in [0.1, 0.15) is 20.3 Å². The van der Waals surface area contributed by atoms with E-state index in [9.17, 15) is 9.90 Å². The Bertz CT molecular complexity index is 898. The number of aliphatic imine (C=N–C) groups is 2. The number of nitrogens with one attached hydrogen (secondary N) is 1. The van der Waals surface area contributed by atoms with Crippen molar-refractivity contribution in [3.8, 4) is 0 Å². The van der Waals surface area contributed by atoms with E-state index in [1.165, 1.54) is 6.08 Å². The highest BCUT2D eigenvalue weighted by molar-refractivity contribution is 6.22. The summed E-state index contributed by atoms with van der Waals surface area (Å²) in [6.45, 7) is 6.55. The first-order chi connectivity index (χ1) is 12.0. The van der Waals surface area contributed by atoms with Gasteiger partial charge in [0.25, 0.3) is 5.56 Å². The lowest BCUT2D eigenvalue weighted by molar-refractivity contribution is 0.232. The summed E-state index contributed by atoms with van der Waals surface area (Å²) in [6, 6.07) is 0.160. The number of rotatable bonds is 3. The standard InChI is InChI=1S/C17H21N5O3/c1-10(2)19-16-15(17(24)22-6-3-5-21(16)22)20-11-9-14-12(8-13(11)23)18-4-7-25-14/h8-10,19,23H,3-7H2,1-2H3/b20-11+. The molecule has 25 heavy (non-hydrogen) atoms. The van der Waals surface area contributed by atoms with Crippen LogP contribution >= 0.6 is 0 Å². The van der Waals surface area contributed by atoms with Crippen LogP contribution in [0.15, 0.2) is 38.4 Å². The number of fused-ring (bicyclic) bond motifs is 2. The molecule has 0 radical (unpaired) electrons. The summed E-state index contributed by atoms with van der Waals surface area (Å²) < 4.78 is 9.21. The minimum absolute atomic E-state index is 0.0146. The van der Waals surface area contributed by atoms with Gasteiger partial charge in [-0.25, -0.2) is 9.67 Å². The van der Waals surface area contributed by atoms with Crippen molar-refractivity contribution in [2.75, 3.05) is 18.5 Å². The molecule has 1 aromatic rings. The van der Waals surface area contributed by atoms with Crippen LogP contribution in [0.3, 0.4) is 0 Å². The number of nitrogens with zero attached hydrogens (tertiary/aromatic N) is 4. The smallest absolute Gasteiger partial charge is 0.294 e. The second-order valence-corrected chi connectivity index (χ2v) is 6.55. The van der Waals surface area contributed by atoms with Crippen molar-refractivity contribution in [3.63, 3.8) is 0 Å². The normalized spacial score (nSPS) is 20.6. The number of hydrogen-bond donors (Lipinski definition) is 2. The van der Waals surface area contributed by atoms with E-state index in [0.29, 0.717) is 48.4 Å². The van der Waals surface area contributed by atoms with E-state index in [-0.39, 0.29) is 17.4 Å². The minimum atomic E-state index is -0.150. The lowest BCUT2D eigenvalue weighted by Gasteiger charge is -2.19. The van der Waals surface area contributed by atoms with Crippen LogP contribution in [0.4, 0.5) is 11.5 Å². The zero-order chi connectivity index (χ0) is 17.6. The number of anilines is 1. The van der Waals surface area contributed by atoms with Gasteiger partial charge in [0.05, 0.1) is 6.54 Å². The van der Waals surface area contributed by atoms with Crippen molar-refractivity contribution in [3.05, 3.63) is 34.0 Å². The van der Waals surface area contributed by atoms with Gasteiger partial charge in [0, 0.05) is 31.3 Å². The summed E-state index contributed by atoms with van der Waals surface area (Å²) in [4.78, 5) is 21.5. The van der Waals surface area contributed by atoms with Crippen LogP contribution in [0, 0.1) is 0 Å². The first kappa shape index (κ1) is 15.7. The van der Waals surface area contributed by atoms with Gasteiger partial charge in [-0.2, -0.15) is 0 Å². The van der Waals surface area contributed by atoms with Crippen LogP contribution < -0.4 is 10.9 Å². The van der Waals surface area contributed by atoms with E-state index in [4.69, 9.17) is 4.74 Å². The Kier molecular flexibility index (Phi) is 3.74. The quantitative estimate of drug-likeness (QED) is 0.818. The first-order valence-corrected chi connectivity index (χ1v) is 8.54. The molecule has 0 bridgehead atoms. The lowest BCUT2D eigenvalue weighted by Crippen LogP contribution is -2.21. The van der Waals surface area contributed by atoms with Crippen LogP contribution in [0.25, 0.3) is 0 Å². The molecule has 1 aliphatic carbocycles. The molecule has 3 aliphatic rings. The molecule has 0 saturated carbocycles. The van der Waals surface area contributed by atoms with Crippen molar-refractivity contribution >= 4 is 22.9 Å². The Morgan fingerprint density at radius 2 is 2.12 bits per heavy atom. The molecule has 0 fully saturated rings. The number of aliphatic hydroxyl groups is 1. The summed E-state index contributed by atoms with van der Waals surface area (Å²) in [7, 11) is 0. The molecule has 2 N–H and O–H groups in total. The number of hydrogen-bond acceptors (Lipinski definition) is 6. The second-order valence-electron chi connectivity index (χ2n) is 6.55. The van der Waals surface area contributed by atoms with Crippen molar-refractivity contribution < 1.29 is 9.84 Å². The first-order valence-electron chi connectivity index (χ1n) is 8.54. The number of aliphatic hydroxyl groups excluding tert-OH is 1. The topological polar surface area (TPSA) is 93.1 Å². The lowest BCUT2D eigenvalue weighted by atomic mass is 10.1. The zero-order valence-corrected chi connectivity index (χ0v) is 14.3. The van der Waals surface area contributed by atoms with E-state index in [1.807, 2.05) is 18.5 Å². The van der Waals surface area contributed by atoms with Crippen LogP contribution in [-0.2, 0) is 17.8 Å². The van der Waals surface area contributed by atoms with Crippen LogP contribution in [0.5, 0.6) is 0 Å². The largest absolute Gasteiger partial charge is 0.506 e. The molecule has 8 nitrogen and oxygen atoms in total. The van der Waals surface area contributed by atoms with E-state index < -0.39 is 0 Å². The van der Waals surface area contributed by atoms with Crippen LogP contribution in [-0.4, -0.2) is 45.1 Å². The van der Waals surface area contributed by atoms with E-state index in [2.05, 4.69) is 15.3 Å². The van der Waals surface area contributed by atoms with Gasteiger partial charge in [0.15, 0.2) is 11.5 Å². The maximum absolute atomic E-state index is 12.7. The molecule has 132 valence electrons. The fourth-order valence-corrected chi connectivity index (χ4v) is 3.24. The number of ether oxygens (including phenoxy) is 1. The molecular formula is C17H21N5O3. The van der Waals surface area contributed by atoms with Crippen molar-refractivity contribution in [1.29, 1.82) is 0 Å². The molecule has 2 aliphatic heterocycles. The third-order valence-electron chi connectivity index (χ3n) is 4.30. The second kappa shape index (κ2) is 5.94. The monoisotopic (exact) mass is 343 g/mol. The molecular weight excluding hydrogens is 322 g/mol. The zero-order valence-electron chi connectivity index (χ0n) is 14.3. The average Bonchev–Trinajstić information content (AvgIpc) is 3.14. The Morgan fingerprint density at radius 3 is 2.92 bits per heavy atom. The Labute approximate surface area is 144 Å². The Hall–Kier alpha value is -2.77. The highest BCUT2D eigenvalue weighted by Crippen LogP contribution is 2.28. The predicted molar refractivity (Wildman–Crippen MR) is 96.2 cm³/mol. The van der Waals surface area contributed by atoms with Crippen LogP contribution in [0.2, 0.25) is 0 Å². The molecule has 0 amide bonds. The molecule has 0 spiro atoms. The highest BCUT2D eigenvalue weighted by atomic mass is 16.5. The fourth-order valence-electron chi connectivity index (χ4n) is 3.24. The SMILES string of the molecule is CC(C)Nc1c(/N=C2\C=C3OCCN=C3C=C2O)c(=O)n2n1CCC2. The molecule has 0 atom stereocenters. The van der Waals surface area contributed by atoms with Gasteiger partial charge in [-0.15, -0.1) is 0 Å². The van der Waals surface area contributed by atoms with Crippen molar-refractivity contribution in [2.45, 2.75) is 39.4 Å². The minimum Gasteiger partial charge on any atom is -0.506 e. The van der Waals surface area contributed by atoms with Gasteiger partial charge in [0.2, 0.25) is 0 Å². The van der Waals surface area contributed by atoms with E-state index >= 15 is 0 Å². The maximum atomic E-state index is 12.7. The summed E-state index contributed by atoms with van der Waals surface area (Å²) in [6.07, 6.45) is 4.10. The van der Waals surface area contributed by atoms with Gasteiger partial charge in [-0.1, -0.05) is 0 Å². The van der Waals surface area contributed by atoms with Gasteiger partial charge in [-0.05, 0) is 20.3 Å². The summed E-state index contributed by atoms with van der Waals surface area (Å²) in [5, 5.41) is 13.6. The molecule has 3 heterocycles. The molecule has 0 unspecified atom stereocenters. The summed E-state index contributed by atoms with van der Waals surface area (Å²) in [5.74, 6) is 1.26. The van der Waals surface area contributed by atoms with E-state index in [1.54, 1.807) is 10.8 Å². The maximum Gasteiger partial charge on any atom is 0.294 e. The highest BCUT2D eigenvalue weighted by Gasteiger charge is 2.26. The number of aromatic nitrogens is 2. The third-order valence-corrected chi connectivity index (χ3v) is 4.30. The molecule has 8 heteroatoms. The van der Waals surface area contributed by atoms with Gasteiger partial charge >= 0.3 is 0 Å². The molecule has 0 saturated heterocycles. The summed E-state index contributed by atoms with van der Waals surface area (Å²) >= 11 is 0. The third kappa shape index (κ3) is 2.67. The van der Waals surface area contributed by atoms with Gasteiger partial charge < -0.3 is 15.2 Å². The molecule has 1 aromatic heterocycles.